The maximum atomic E-state index is 14.3. The van der Waals surface area contributed by atoms with Crippen LogP contribution in [0.5, 0.6) is 11.5 Å². The number of hydrogen-bond acceptors (Lipinski definition) is 10. The Balaban J connectivity index is 0.977. The molecule has 0 saturated carbocycles. The Morgan fingerprint density at radius 2 is 0.940 bits per heavy atom. The van der Waals surface area contributed by atoms with E-state index in [0.29, 0.717) is 51.9 Å². The van der Waals surface area contributed by atoms with Gasteiger partial charge in [0.15, 0.2) is 0 Å². The smallest absolute Gasteiger partial charge is 0.438 e. The zero-order valence-corrected chi connectivity index (χ0v) is 29.4. The predicted molar refractivity (Wildman–Crippen MR) is 186 cm³/mol. The molecule has 4 aromatic rings. The number of hydroxylamine groups is 4. The van der Waals surface area contributed by atoms with Crippen molar-refractivity contribution in [2.75, 3.05) is 40.4 Å². The molecule has 0 spiro atoms. The van der Waals surface area contributed by atoms with E-state index in [1.165, 1.54) is 22.3 Å². The molecule has 0 amide bonds. The molecule has 12 heteroatoms. The quantitative estimate of drug-likeness (QED) is 0.150. The second kappa shape index (κ2) is 16.7. The van der Waals surface area contributed by atoms with E-state index in [9.17, 15) is 18.4 Å². The van der Waals surface area contributed by atoms with E-state index < -0.39 is 11.9 Å². The standard InChI is InChI=1S/C38H38F2N2O6S2/c1-45-29-5-9-31(10-6-29)49-35-13-3-27(39)23-33(35)25-15-19-41(20-16-25)47-37(43)38(44)48-42-21-17-26(18-22-42)34-24-28(40)4-14-36(34)50-32-11-7-30(46-2)8-12-32/h3-14,23-26H,15-22H2,1-2H3. The van der Waals surface area contributed by atoms with Gasteiger partial charge >= 0.3 is 11.9 Å². The van der Waals surface area contributed by atoms with Gasteiger partial charge in [-0.2, -0.15) is 0 Å². The second-order valence-corrected chi connectivity index (χ2v) is 14.3. The molecule has 2 aliphatic heterocycles. The lowest BCUT2D eigenvalue weighted by atomic mass is 9.90. The van der Waals surface area contributed by atoms with Crippen LogP contribution >= 0.6 is 23.5 Å². The molecule has 6 rings (SSSR count). The molecule has 2 heterocycles. The maximum absolute atomic E-state index is 14.3. The van der Waals surface area contributed by atoms with Gasteiger partial charge in [-0.05, 0) is 134 Å². The number of halogens is 2. The number of rotatable bonds is 10. The van der Waals surface area contributed by atoms with Gasteiger partial charge in [-0.15, -0.1) is 10.1 Å². The topological polar surface area (TPSA) is 77.5 Å². The highest BCUT2D eigenvalue weighted by molar-refractivity contribution is 7.99. The van der Waals surface area contributed by atoms with Gasteiger partial charge < -0.3 is 19.1 Å². The normalized spacial score (nSPS) is 16.2. The summed E-state index contributed by atoms with van der Waals surface area (Å²) in [4.78, 5) is 40.1. The molecule has 0 unspecified atom stereocenters. The fraction of sp³-hybridized carbons (Fsp3) is 0.316. The Bertz CT molecular complexity index is 1650. The van der Waals surface area contributed by atoms with Crippen LogP contribution in [0, 0.1) is 11.6 Å². The fourth-order valence-electron chi connectivity index (χ4n) is 6.23. The van der Waals surface area contributed by atoms with Crippen molar-refractivity contribution in [3.05, 3.63) is 108 Å². The minimum atomic E-state index is -1.09. The van der Waals surface area contributed by atoms with E-state index in [0.717, 1.165) is 42.2 Å². The molecule has 0 aliphatic carbocycles. The first-order valence-electron chi connectivity index (χ1n) is 16.4. The van der Waals surface area contributed by atoms with Crippen LogP contribution < -0.4 is 9.47 Å². The van der Waals surface area contributed by atoms with Crippen molar-refractivity contribution in [2.24, 2.45) is 0 Å². The molecule has 2 aliphatic rings. The van der Waals surface area contributed by atoms with Gasteiger partial charge in [0.05, 0.1) is 14.2 Å². The summed E-state index contributed by atoms with van der Waals surface area (Å²) in [5.41, 5.74) is 1.81. The molecule has 2 fully saturated rings. The molecule has 0 bridgehead atoms. The third kappa shape index (κ3) is 9.16. The largest absolute Gasteiger partial charge is 0.497 e. The highest BCUT2D eigenvalue weighted by atomic mass is 32.2. The van der Waals surface area contributed by atoms with Crippen LogP contribution in [0.15, 0.2) is 105 Å². The van der Waals surface area contributed by atoms with Crippen LogP contribution in [0.25, 0.3) is 0 Å². The monoisotopic (exact) mass is 720 g/mol. The molecule has 8 nitrogen and oxygen atoms in total. The minimum Gasteiger partial charge on any atom is -0.497 e. The number of ether oxygens (including phenoxy) is 2. The highest BCUT2D eigenvalue weighted by Crippen LogP contribution is 2.40. The van der Waals surface area contributed by atoms with Gasteiger partial charge in [0.2, 0.25) is 0 Å². The number of piperidine rings is 2. The molecule has 0 atom stereocenters. The molecule has 0 aromatic heterocycles. The number of carbonyl (C=O) groups is 2. The summed E-state index contributed by atoms with van der Waals surface area (Å²) in [6.07, 6.45) is 2.48. The Morgan fingerprint density at radius 3 is 1.28 bits per heavy atom. The Morgan fingerprint density at radius 1 is 0.580 bits per heavy atom. The molecule has 50 heavy (non-hydrogen) atoms. The number of carbonyl (C=O) groups excluding carboxylic acids is 2. The van der Waals surface area contributed by atoms with Crippen LogP contribution in [0.4, 0.5) is 8.78 Å². The molecule has 4 aromatic carbocycles. The first-order valence-corrected chi connectivity index (χ1v) is 18.1. The second-order valence-electron chi connectivity index (χ2n) is 12.1. The first kappa shape index (κ1) is 35.7. The van der Waals surface area contributed by atoms with Crippen LogP contribution in [0.2, 0.25) is 0 Å². The molecular weight excluding hydrogens is 683 g/mol. The van der Waals surface area contributed by atoms with E-state index in [1.807, 2.05) is 48.5 Å². The van der Waals surface area contributed by atoms with Crippen molar-refractivity contribution >= 4 is 35.5 Å². The van der Waals surface area contributed by atoms with E-state index in [-0.39, 0.29) is 23.5 Å². The molecular formula is C38H38F2N2O6S2. The van der Waals surface area contributed by atoms with E-state index in [4.69, 9.17) is 19.1 Å². The predicted octanol–water partition coefficient (Wildman–Crippen LogP) is 8.26. The zero-order valence-electron chi connectivity index (χ0n) is 27.8. The van der Waals surface area contributed by atoms with Crippen molar-refractivity contribution < 1.29 is 37.5 Å². The average Bonchev–Trinajstić information content (AvgIpc) is 3.14. The first-order chi connectivity index (χ1) is 24.3. The zero-order chi connectivity index (χ0) is 35.0. The minimum absolute atomic E-state index is 0.0582. The SMILES string of the molecule is COc1ccc(Sc2ccc(F)cc2C2CCN(OC(=O)C(=O)ON3CCC(c4cc(F)ccc4Sc4ccc(OC)cc4)CC3)CC2)cc1. The summed E-state index contributed by atoms with van der Waals surface area (Å²) >= 11 is 3.12. The fourth-order valence-corrected chi connectivity index (χ4v) is 8.24. The van der Waals surface area contributed by atoms with Crippen molar-refractivity contribution in [3.63, 3.8) is 0 Å². The number of methoxy groups -OCH3 is 2. The highest BCUT2D eigenvalue weighted by Gasteiger charge is 2.31. The summed E-state index contributed by atoms with van der Waals surface area (Å²) in [6.45, 7) is 1.57. The molecule has 0 radical (unpaired) electrons. The Hall–Kier alpha value is -4.10. The number of benzene rings is 4. The van der Waals surface area contributed by atoms with Crippen molar-refractivity contribution in [2.45, 2.75) is 57.1 Å². The van der Waals surface area contributed by atoms with E-state index in [2.05, 4.69) is 0 Å². The van der Waals surface area contributed by atoms with Gasteiger partial charge in [-0.3, -0.25) is 0 Å². The van der Waals surface area contributed by atoms with Crippen LogP contribution in [-0.2, 0) is 19.3 Å². The maximum Gasteiger partial charge on any atom is 0.438 e. The molecule has 2 saturated heterocycles. The summed E-state index contributed by atoms with van der Waals surface area (Å²) in [5, 5.41) is 2.93. The van der Waals surface area contributed by atoms with Gasteiger partial charge in [0.1, 0.15) is 23.1 Å². The lowest BCUT2D eigenvalue weighted by molar-refractivity contribution is -0.222. The van der Waals surface area contributed by atoms with Crippen molar-refractivity contribution in [3.8, 4) is 11.5 Å². The van der Waals surface area contributed by atoms with Crippen LogP contribution in [0.3, 0.4) is 0 Å². The lowest BCUT2D eigenvalue weighted by Crippen LogP contribution is -2.41. The summed E-state index contributed by atoms with van der Waals surface area (Å²) in [6, 6.07) is 25.1. The van der Waals surface area contributed by atoms with E-state index in [1.54, 1.807) is 62.0 Å². The Labute approximate surface area is 298 Å². The Kier molecular flexibility index (Phi) is 12.0. The molecule has 262 valence electrons. The van der Waals surface area contributed by atoms with Gasteiger partial charge in [0, 0.05) is 45.8 Å². The van der Waals surface area contributed by atoms with Gasteiger partial charge in [-0.25, -0.2) is 18.4 Å². The summed E-state index contributed by atoms with van der Waals surface area (Å²) < 4.78 is 39.2. The van der Waals surface area contributed by atoms with Gasteiger partial charge in [-0.1, -0.05) is 23.5 Å². The average molecular weight is 721 g/mol. The molecule has 0 N–H and O–H groups in total. The number of hydrogen-bond donors (Lipinski definition) is 0. The van der Waals surface area contributed by atoms with Crippen molar-refractivity contribution in [1.82, 2.24) is 10.1 Å². The number of nitrogens with zero attached hydrogens (tertiary/aromatic N) is 2. The van der Waals surface area contributed by atoms with Crippen LogP contribution in [-0.4, -0.2) is 62.5 Å². The van der Waals surface area contributed by atoms with E-state index >= 15 is 0 Å². The van der Waals surface area contributed by atoms with Gasteiger partial charge in [0.25, 0.3) is 0 Å². The lowest BCUT2D eigenvalue weighted by Gasteiger charge is -2.32. The van der Waals surface area contributed by atoms with Crippen LogP contribution in [0.1, 0.15) is 48.6 Å². The summed E-state index contributed by atoms with van der Waals surface area (Å²) in [5.74, 6) is -1.14. The van der Waals surface area contributed by atoms with Crippen molar-refractivity contribution in [1.29, 1.82) is 0 Å². The third-order valence-corrected chi connectivity index (χ3v) is 11.1. The third-order valence-electron chi connectivity index (χ3n) is 8.90. The summed E-state index contributed by atoms with van der Waals surface area (Å²) in [7, 11) is 3.24.